The largest absolute Gasteiger partial charge is 0.443 e. The third-order valence-electron chi connectivity index (χ3n) is 4.03. The Morgan fingerprint density at radius 2 is 1.92 bits per heavy atom. The van der Waals surface area contributed by atoms with Gasteiger partial charge in [-0.05, 0) is 30.2 Å². The van der Waals surface area contributed by atoms with Gasteiger partial charge in [0.1, 0.15) is 6.10 Å². The van der Waals surface area contributed by atoms with Gasteiger partial charge in [0.15, 0.2) is 0 Å². The Hall–Kier alpha value is -2.09. The molecule has 0 spiro atoms. The summed E-state index contributed by atoms with van der Waals surface area (Å²) in [5.74, 6) is -0.0182. The van der Waals surface area contributed by atoms with Crippen molar-refractivity contribution < 1.29 is 17.9 Å². The van der Waals surface area contributed by atoms with E-state index in [0.29, 0.717) is 17.1 Å². The third kappa shape index (κ3) is 4.97. The van der Waals surface area contributed by atoms with Gasteiger partial charge in [-0.2, -0.15) is 0 Å². The molecule has 0 saturated carbocycles. The predicted octanol–water partition coefficient (Wildman–Crippen LogP) is 2.83. The van der Waals surface area contributed by atoms with Crippen molar-refractivity contribution in [1.29, 1.82) is 0 Å². The molecule has 1 atom stereocenters. The average molecular weight is 395 g/mol. The second kappa shape index (κ2) is 8.07. The third-order valence-corrected chi connectivity index (χ3v) is 5.61. The van der Waals surface area contributed by atoms with E-state index in [2.05, 4.69) is 4.72 Å². The van der Waals surface area contributed by atoms with Crippen LogP contribution in [-0.4, -0.2) is 39.5 Å². The summed E-state index contributed by atoms with van der Waals surface area (Å²) in [7, 11) is -3.45. The van der Waals surface area contributed by atoms with Crippen molar-refractivity contribution in [1.82, 2.24) is 4.72 Å². The van der Waals surface area contributed by atoms with Crippen LogP contribution < -0.4 is 9.62 Å². The maximum atomic E-state index is 12.2. The molecule has 138 valence electrons. The predicted molar refractivity (Wildman–Crippen MR) is 101 cm³/mol. The van der Waals surface area contributed by atoms with Crippen LogP contribution >= 0.6 is 11.6 Å². The summed E-state index contributed by atoms with van der Waals surface area (Å²) in [5.41, 5.74) is 1.58. The van der Waals surface area contributed by atoms with E-state index in [0.717, 1.165) is 5.56 Å². The maximum absolute atomic E-state index is 12.2. The summed E-state index contributed by atoms with van der Waals surface area (Å²) in [6.45, 7) is 0.306. The first kappa shape index (κ1) is 18.7. The molecule has 0 aromatic heterocycles. The van der Waals surface area contributed by atoms with E-state index < -0.39 is 22.2 Å². The lowest BCUT2D eigenvalue weighted by molar-refractivity contribution is 0.143. The summed E-state index contributed by atoms with van der Waals surface area (Å²) in [6, 6.07) is 16.3. The van der Waals surface area contributed by atoms with Crippen molar-refractivity contribution in [3.63, 3.8) is 0 Å². The number of sulfonamides is 1. The SMILES string of the molecule is O=C1OC(CNS(=O)(=O)CCc2ccccc2)CN1c1cccc(Cl)c1. The zero-order chi connectivity index (χ0) is 18.6. The highest BCUT2D eigenvalue weighted by molar-refractivity contribution is 7.89. The quantitative estimate of drug-likeness (QED) is 0.783. The van der Waals surface area contributed by atoms with Gasteiger partial charge in [-0.1, -0.05) is 48.0 Å². The topological polar surface area (TPSA) is 75.7 Å². The van der Waals surface area contributed by atoms with Crippen LogP contribution in [0, 0.1) is 0 Å². The molecule has 1 aliphatic heterocycles. The second-order valence-corrected chi connectivity index (χ2v) is 8.36. The Morgan fingerprint density at radius 3 is 2.65 bits per heavy atom. The molecule has 1 heterocycles. The zero-order valence-corrected chi connectivity index (χ0v) is 15.5. The standard InChI is InChI=1S/C18H19ClN2O4S/c19-15-7-4-8-16(11-15)21-13-17(25-18(21)22)12-20-26(23,24)10-9-14-5-2-1-3-6-14/h1-8,11,17,20H,9-10,12-13H2. The molecule has 6 nitrogen and oxygen atoms in total. The fourth-order valence-corrected chi connectivity index (χ4v) is 3.94. The number of halogens is 1. The summed E-state index contributed by atoms with van der Waals surface area (Å²) in [4.78, 5) is 13.5. The van der Waals surface area contributed by atoms with Crippen LogP contribution in [0.3, 0.4) is 0 Å². The number of carbonyl (C=O) groups is 1. The summed E-state index contributed by atoms with van der Waals surface area (Å²) < 4.78 is 32.1. The van der Waals surface area contributed by atoms with E-state index in [4.69, 9.17) is 16.3 Å². The molecule has 3 rings (SSSR count). The first-order chi connectivity index (χ1) is 12.4. The number of hydrogen-bond acceptors (Lipinski definition) is 4. The van der Waals surface area contributed by atoms with Gasteiger partial charge in [0.2, 0.25) is 10.0 Å². The molecule has 0 radical (unpaired) electrons. The summed E-state index contributed by atoms with van der Waals surface area (Å²) in [5, 5.41) is 0.514. The molecular formula is C18H19ClN2O4S. The number of carbonyl (C=O) groups excluding carboxylic acids is 1. The number of cyclic esters (lactones) is 1. The van der Waals surface area contributed by atoms with Crippen LogP contribution in [0.15, 0.2) is 54.6 Å². The van der Waals surface area contributed by atoms with Crippen LogP contribution in [-0.2, 0) is 21.2 Å². The summed E-state index contributed by atoms with van der Waals surface area (Å²) >= 11 is 5.94. The Bertz CT molecular complexity index is 874. The summed E-state index contributed by atoms with van der Waals surface area (Å²) in [6.07, 6.45) is -0.635. The van der Waals surface area contributed by atoms with Crippen molar-refractivity contribution in [3.05, 3.63) is 65.2 Å². The second-order valence-electron chi connectivity index (χ2n) is 6.00. The van der Waals surface area contributed by atoms with Crippen LogP contribution in [0.4, 0.5) is 10.5 Å². The number of hydrogen-bond donors (Lipinski definition) is 1. The highest BCUT2D eigenvalue weighted by atomic mass is 35.5. The Kier molecular flexibility index (Phi) is 5.80. The fraction of sp³-hybridized carbons (Fsp3) is 0.278. The number of nitrogens with zero attached hydrogens (tertiary/aromatic N) is 1. The van der Waals surface area contributed by atoms with Crippen molar-refractivity contribution in [3.8, 4) is 0 Å². The van der Waals surface area contributed by atoms with Gasteiger partial charge >= 0.3 is 6.09 Å². The molecular weight excluding hydrogens is 376 g/mol. The minimum Gasteiger partial charge on any atom is -0.443 e. The fourth-order valence-electron chi connectivity index (χ4n) is 2.67. The normalized spacial score (nSPS) is 17.3. The number of aryl methyl sites for hydroxylation is 1. The highest BCUT2D eigenvalue weighted by Gasteiger charge is 2.33. The van der Waals surface area contributed by atoms with Crippen LogP contribution in [0.2, 0.25) is 5.02 Å². The van der Waals surface area contributed by atoms with E-state index in [-0.39, 0.29) is 18.8 Å². The van der Waals surface area contributed by atoms with Gasteiger partial charge in [-0.15, -0.1) is 0 Å². The Morgan fingerprint density at radius 1 is 1.15 bits per heavy atom. The van der Waals surface area contributed by atoms with Gasteiger partial charge in [-0.25, -0.2) is 17.9 Å². The minimum atomic E-state index is -3.45. The van der Waals surface area contributed by atoms with Crippen LogP contribution in [0.25, 0.3) is 0 Å². The number of ether oxygens (including phenoxy) is 1. The van der Waals surface area contributed by atoms with Gasteiger partial charge in [0, 0.05) is 17.3 Å². The zero-order valence-electron chi connectivity index (χ0n) is 14.0. The number of nitrogens with one attached hydrogen (secondary N) is 1. The smallest absolute Gasteiger partial charge is 0.414 e. The number of amides is 1. The van der Waals surface area contributed by atoms with Crippen molar-refractivity contribution in [2.75, 3.05) is 23.7 Å². The number of rotatable bonds is 7. The van der Waals surface area contributed by atoms with E-state index in [1.165, 1.54) is 4.90 Å². The highest BCUT2D eigenvalue weighted by Crippen LogP contribution is 2.24. The molecule has 2 aromatic rings. The monoisotopic (exact) mass is 394 g/mol. The molecule has 0 bridgehead atoms. The molecule has 0 aliphatic carbocycles. The molecule has 1 saturated heterocycles. The molecule has 8 heteroatoms. The van der Waals surface area contributed by atoms with E-state index in [1.54, 1.807) is 24.3 Å². The Balaban J connectivity index is 1.52. The lowest BCUT2D eigenvalue weighted by Crippen LogP contribution is -2.36. The van der Waals surface area contributed by atoms with Crippen LogP contribution in [0.5, 0.6) is 0 Å². The lowest BCUT2D eigenvalue weighted by atomic mass is 10.2. The first-order valence-electron chi connectivity index (χ1n) is 8.18. The lowest BCUT2D eigenvalue weighted by Gasteiger charge is -2.13. The first-order valence-corrected chi connectivity index (χ1v) is 10.2. The van der Waals surface area contributed by atoms with Crippen molar-refractivity contribution >= 4 is 33.4 Å². The van der Waals surface area contributed by atoms with E-state index in [9.17, 15) is 13.2 Å². The maximum Gasteiger partial charge on any atom is 0.414 e. The van der Waals surface area contributed by atoms with Gasteiger partial charge in [0.25, 0.3) is 0 Å². The number of benzene rings is 2. The molecule has 1 amide bonds. The molecule has 1 unspecified atom stereocenters. The van der Waals surface area contributed by atoms with Crippen LogP contribution in [0.1, 0.15) is 5.56 Å². The van der Waals surface area contributed by atoms with E-state index in [1.807, 2.05) is 30.3 Å². The van der Waals surface area contributed by atoms with Gasteiger partial charge < -0.3 is 4.74 Å². The molecule has 1 fully saturated rings. The van der Waals surface area contributed by atoms with Gasteiger partial charge in [0.05, 0.1) is 12.3 Å². The minimum absolute atomic E-state index is 0.0182. The van der Waals surface area contributed by atoms with E-state index >= 15 is 0 Å². The molecule has 2 aromatic carbocycles. The van der Waals surface area contributed by atoms with Crippen molar-refractivity contribution in [2.24, 2.45) is 0 Å². The van der Waals surface area contributed by atoms with Crippen molar-refractivity contribution in [2.45, 2.75) is 12.5 Å². The average Bonchev–Trinajstić information content (AvgIpc) is 3.00. The molecule has 26 heavy (non-hydrogen) atoms. The molecule has 1 aliphatic rings. The van der Waals surface area contributed by atoms with Gasteiger partial charge in [-0.3, -0.25) is 4.90 Å². The Labute approximate surface area is 157 Å². The molecule has 1 N–H and O–H groups in total. The number of anilines is 1.